The molecule has 2 unspecified atom stereocenters. The van der Waals surface area contributed by atoms with Gasteiger partial charge >= 0.3 is 12.0 Å². The zero-order valence-electron chi connectivity index (χ0n) is 12.4. The molecular weight excluding hydrogens is 284 g/mol. The van der Waals surface area contributed by atoms with Crippen molar-refractivity contribution in [1.82, 2.24) is 10.6 Å². The summed E-state index contributed by atoms with van der Waals surface area (Å²) < 4.78 is 0. The molecule has 1 aromatic rings. The predicted octanol–water partition coefficient (Wildman–Crippen LogP) is 1.74. The third kappa shape index (κ3) is 4.73. The van der Waals surface area contributed by atoms with Crippen LogP contribution in [0, 0.1) is 5.92 Å². The molecule has 1 aliphatic rings. The van der Waals surface area contributed by atoms with E-state index in [1.807, 2.05) is 0 Å². The highest BCUT2D eigenvalue weighted by molar-refractivity contribution is 5.87. The van der Waals surface area contributed by atoms with Gasteiger partial charge in [-0.2, -0.15) is 0 Å². The second-order valence-electron chi connectivity index (χ2n) is 5.68. The molecule has 120 valence electrons. The van der Waals surface area contributed by atoms with Crippen LogP contribution in [-0.2, 0) is 6.54 Å². The highest BCUT2D eigenvalue weighted by atomic mass is 16.4. The highest BCUT2D eigenvalue weighted by Crippen LogP contribution is 2.23. The first-order chi connectivity index (χ1) is 10.6. The molecule has 0 radical (unpaired) electrons. The van der Waals surface area contributed by atoms with Crippen LogP contribution in [0.2, 0.25) is 0 Å². The number of hydrogen-bond donors (Lipinski definition) is 4. The summed E-state index contributed by atoms with van der Waals surface area (Å²) in [6.07, 6.45) is 3.58. The van der Waals surface area contributed by atoms with E-state index in [1.54, 1.807) is 12.1 Å². The van der Waals surface area contributed by atoms with Gasteiger partial charge < -0.3 is 20.8 Å². The minimum Gasteiger partial charge on any atom is -0.478 e. The Bertz CT molecular complexity index is 515. The number of carboxylic acid groups (broad SMARTS) is 1. The smallest absolute Gasteiger partial charge is 0.335 e. The summed E-state index contributed by atoms with van der Waals surface area (Å²) in [7, 11) is 0. The number of benzene rings is 1. The van der Waals surface area contributed by atoms with E-state index in [1.165, 1.54) is 12.1 Å². The lowest BCUT2D eigenvalue weighted by Crippen LogP contribution is -2.41. The van der Waals surface area contributed by atoms with E-state index < -0.39 is 5.97 Å². The van der Waals surface area contributed by atoms with Gasteiger partial charge in [0, 0.05) is 19.0 Å². The van der Waals surface area contributed by atoms with Gasteiger partial charge in [-0.1, -0.05) is 25.0 Å². The normalized spacial score (nSPS) is 21.1. The van der Waals surface area contributed by atoms with Gasteiger partial charge in [0.05, 0.1) is 11.7 Å². The Morgan fingerprint density at radius 3 is 2.41 bits per heavy atom. The van der Waals surface area contributed by atoms with Crippen molar-refractivity contribution in [2.75, 3.05) is 6.54 Å². The van der Waals surface area contributed by atoms with Crippen molar-refractivity contribution in [1.29, 1.82) is 0 Å². The number of carboxylic acids is 1. The lowest BCUT2D eigenvalue weighted by molar-refractivity contribution is 0.0694. The Hall–Kier alpha value is -2.08. The van der Waals surface area contributed by atoms with E-state index >= 15 is 0 Å². The van der Waals surface area contributed by atoms with E-state index in [0.29, 0.717) is 13.1 Å². The summed E-state index contributed by atoms with van der Waals surface area (Å²) in [5.41, 5.74) is 1.05. The van der Waals surface area contributed by atoms with Gasteiger partial charge in [-0.25, -0.2) is 9.59 Å². The SMILES string of the molecule is O=C(NCc1ccc(C(=O)O)cc1)NCC1CCCCC1O. The van der Waals surface area contributed by atoms with Gasteiger partial charge in [-0.15, -0.1) is 0 Å². The van der Waals surface area contributed by atoms with Crippen molar-refractivity contribution >= 4 is 12.0 Å². The highest BCUT2D eigenvalue weighted by Gasteiger charge is 2.23. The molecule has 6 heteroatoms. The third-order valence-corrected chi connectivity index (χ3v) is 4.05. The average Bonchev–Trinajstić information content (AvgIpc) is 2.52. The van der Waals surface area contributed by atoms with Crippen molar-refractivity contribution < 1.29 is 19.8 Å². The number of carbonyl (C=O) groups is 2. The summed E-state index contributed by atoms with van der Waals surface area (Å²) in [4.78, 5) is 22.5. The van der Waals surface area contributed by atoms with Crippen LogP contribution in [-0.4, -0.2) is 34.9 Å². The summed E-state index contributed by atoms with van der Waals surface area (Å²) in [5.74, 6) is -0.836. The molecule has 0 heterocycles. The lowest BCUT2D eigenvalue weighted by atomic mass is 9.86. The van der Waals surface area contributed by atoms with Crippen LogP contribution in [0.5, 0.6) is 0 Å². The van der Waals surface area contributed by atoms with Gasteiger partial charge in [0.15, 0.2) is 0 Å². The molecule has 22 heavy (non-hydrogen) atoms. The Labute approximate surface area is 129 Å². The predicted molar refractivity (Wildman–Crippen MR) is 81.6 cm³/mol. The molecule has 2 amide bonds. The molecule has 1 aromatic carbocycles. The van der Waals surface area contributed by atoms with Crippen LogP contribution in [0.1, 0.15) is 41.6 Å². The Morgan fingerprint density at radius 2 is 1.77 bits per heavy atom. The summed E-state index contributed by atoms with van der Waals surface area (Å²) in [6.45, 7) is 0.809. The first-order valence-corrected chi connectivity index (χ1v) is 7.58. The maximum absolute atomic E-state index is 11.7. The molecule has 0 spiro atoms. The molecule has 1 fully saturated rings. The Morgan fingerprint density at radius 1 is 1.09 bits per heavy atom. The number of carbonyl (C=O) groups excluding carboxylic acids is 1. The zero-order valence-corrected chi connectivity index (χ0v) is 12.4. The summed E-state index contributed by atoms with van der Waals surface area (Å²) in [5, 5.41) is 24.2. The van der Waals surface area contributed by atoms with Crippen molar-refractivity contribution in [2.45, 2.75) is 38.3 Å². The van der Waals surface area contributed by atoms with Gasteiger partial charge in [0.25, 0.3) is 0 Å². The first-order valence-electron chi connectivity index (χ1n) is 7.58. The molecule has 2 rings (SSSR count). The second-order valence-corrected chi connectivity index (χ2v) is 5.68. The number of aliphatic hydroxyl groups is 1. The van der Waals surface area contributed by atoms with Crippen LogP contribution in [0.25, 0.3) is 0 Å². The Balaban J connectivity index is 1.72. The van der Waals surface area contributed by atoms with Gasteiger partial charge in [0.2, 0.25) is 0 Å². The number of nitrogens with one attached hydrogen (secondary N) is 2. The van der Waals surface area contributed by atoms with Crippen molar-refractivity contribution in [2.24, 2.45) is 5.92 Å². The Kier molecular flexibility index (Phi) is 5.77. The number of aromatic carboxylic acids is 1. The summed E-state index contributed by atoms with van der Waals surface area (Å²) in [6, 6.07) is 6.09. The summed E-state index contributed by atoms with van der Waals surface area (Å²) >= 11 is 0. The van der Waals surface area contributed by atoms with Crippen LogP contribution in [0.15, 0.2) is 24.3 Å². The largest absolute Gasteiger partial charge is 0.478 e. The fourth-order valence-corrected chi connectivity index (χ4v) is 2.66. The third-order valence-electron chi connectivity index (χ3n) is 4.05. The second kappa shape index (κ2) is 7.79. The fourth-order valence-electron chi connectivity index (χ4n) is 2.66. The monoisotopic (exact) mass is 306 g/mol. The molecule has 0 aliphatic heterocycles. The van der Waals surface area contributed by atoms with Crippen molar-refractivity contribution in [3.8, 4) is 0 Å². The minimum absolute atomic E-state index is 0.134. The van der Waals surface area contributed by atoms with Gasteiger partial charge in [-0.05, 0) is 30.5 Å². The van der Waals surface area contributed by atoms with Crippen molar-refractivity contribution in [3.05, 3.63) is 35.4 Å². The first kappa shape index (κ1) is 16.3. The molecular formula is C16H22N2O4. The van der Waals surface area contributed by atoms with E-state index in [0.717, 1.165) is 31.2 Å². The molecule has 1 saturated carbocycles. The van der Waals surface area contributed by atoms with E-state index in [4.69, 9.17) is 5.11 Å². The number of aliphatic hydroxyl groups excluding tert-OH is 1. The van der Waals surface area contributed by atoms with E-state index in [9.17, 15) is 14.7 Å². The van der Waals surface area contributed by atoms with E-state index in [2.05, 4.69) is 10.6 Å². The van der Waals surface area contributed by atoms with Crippen LogP contribution >= 0.6 is 0 Å². The fraction of sp³-hybridized carbons (Fsp3) is 0.500. The zero-order chi connectivity index (χ0) is 15.9. The quantitative estimate of drug-likeness (QED) is 0.666. The molecule has 0 aromatic heterocycles. The number of urea groups is 1. The number of rotatable bonds is 5. The molecule has 6 nitrogen and oxygen atoms in total. The van der Waals surface area contributed by atoms with Gasteiger partial charge in [0.1, 0.15) is 0 Å². The molecule has 0 saturated heterocycles. The minimum atomic E-state index is -0.969. The van der Waals surface area contributed by atoms with E-state index in [-0.39, 0.29) is 23.6 Å². The lowest BCUT2D eigenvalue weighted by Gasteiger charge is -2.27. The topological polar surface area (TPSA) is 98.7 Å². The van der Waals surface area contributed by atoms with Crippen LogP contribution in [0.3, 0.4) is 0 Å². The van der Waals surface area contributed by atoms with Crippen LogP contribution < -0.4 is 10.6 Å². The molecule has 1 aliphatic carbocycles. The average molecular weight is 306 g/mol. The maximum atomic E-state index is 11.7. The van der Waals surface area contributed by atoms with Crippen LogP contribution in [0.4, 0.5) is 4.79 Å². The van der Waals surface area contributed by atoms with Crippen molar-refractivity contribution in [3.63, 3.8) is 0 Å². The molecule has 4 N–H and O–H groups in total. The standard InChI is InChI=1S/C16H22N2O4/c19-14-4-2-1-3-13(14)10-18-16(22)17-9-11-5-7-12(8-6-11)15(20)21/h5-8,13-14,19H,1-4,9-10H2,(H,20,21)(H2,17,18,22). The number of amides is 2. The maximum Gasteiger partial charge on any atom is 0.335 e. The number of hydrogen-bond acceptors (Lipinski definition) is 3. The van der Waals surface area contributed by atoms with Gasteiger partial charge in [-0.3, -0.25) is 0 Å². The molecule has 2 atom stereocenters. The molecule has 0 bridgehead atoms.